The fraction of sp³-hybridized carbons (Fsp3) is 0.391. The maximum Gasteiger partial charge on any atom is 0.264 e. The number of aromatic nitrogens is 3. The van der Waals surface area contributed by atoms with Gasteiger partial charge in [0.15, 0.2) is 5.76 Å². The van der Waals surface area contributed by atoms with E-state index in [9.17, 15) is 9.59 Å². The number of carbonyl (C=O) groups excluding carboxylic acids is 1. The molecule has 0 spiro atoms. The lowest BCUT2D eigenvalue weighted by Gasteiger charge is -2.34. The standard InChI is InChI=1S/C23H26N4O3/c1-3-18(16-7-5-4-6-8-16)23(29)27-11-9-17(10-12-27)22-19(14-21(28)24-25-22)20-13-15(2)26-30-20/h4-8,13-14,17-18H,3,9-12H2,1-2H3,(H,24,28). The van der Waals surface area contributed by atoms with Crippen molar-refractivity contribution in [3.63, 3.8) is 0 Å². The van der Waals surface area contributed by atoms with Crippen molar-refractivity contribution in [1.82, 2.24) is 20.3 Å². The summed E-state index contributed by atoms with van der Waals surface area (Å²) in [6, 6.07) is 13.3. The van der Waals surface area contributed by atoms with Crippen LogP contribution in [0.25, 0.3) is 11.3 Å². The van der Waals surface area contributed by atoms with Gasteiger partial charge < -0.3 is 9.42 Å². The van der Waals surface area contributed by atoms with E-state index in [1.165, 1.54) is 6.07 Å². The van der Waals surface area contributed by atoms with E-state index in [0.29, 0.717) is 24.4 Å². The van der Waals surface area contributed by atoms with Gasteiger partial charge in [0.05, 0.1) is 17.3 Å². The summed E-state index contributed by atoms with van der Waals surface area (Å²) >= 11 is 0. The van der Waals surface area contributed by atoms with Crippen molar-refractivity contribution in [1.29, 1.82) is 0 Å². The Morgan fingerprint density at radius 1 is 1.23 bits per heavy atom. The van der Waals surface area contributed by atoms with Crippen LogP contribution in [0.1, 0.15) is 55.0 Å². The molecule has 4 rings (SSSR count). The van der Waals surface area contributed by atoms with Gasteiger partial charge in [-0.05, 0) is 31.7 Å². The summed E-state index contributed by atoms with van der Waals surface area (Å²) in [5.41, 5.74) is 3.03. The molecule has 30 heavy (non-hydrogen) atoms. The Bertz CT molecular complexity index is 1070. The molecule has 1 aliphatic rings. The van der Waals surface area contributed by atoms with E-state index >= 15 is 0 Å². The lowest BCUT2D eigenvalue weighted by Crippen LogP contribution is -2.40. The summed E-state index contributed by atoms with van der Waals surface area (Å²) in [6.45, 7) is 5.23. The Labute approximate surface area is 175 Å². The Kier molecular flexibility index (Phi) is 5.79. The predicted octanol–water partition coefficient (Wildman–Crippen LogP) is 3.63. The van der Waals surface area contributed by atoms with Crippen LogP contribution in [0.5, 0.6) is 0 Å². The lowest BCUT2D eigenvalue weighted by atomic mass is 9.88. The molecule has 1 N–H and O–H groups in total. The van der Waals surface area contributed by atoms with E-state index < -0.39 is 0 Å². The molecule has 0 radical (unpaired) electrons. The van der Waals surface area contributed by atoms with Crippen LogP contribution >= 0.6 is 0 Å². The Morgan fingerprint density at radius 3 is 2.60 bits per heavy atom. The molecule has 2 aromatic heterocycles. The molecule has 1 unspecified atom stereocenters. The minimum atomic E-state index is -0.274. The van der Waals surface area contributed by atoms with Crippen LogP contribution in [0.2, 0.25) is 0 Å². The van der Waals surface area contributed by atoms with Gasteiger partial charge in [0.25, 0.3) is 5.56 Å². The average molecular weight is 406 g/mol. The summed E-state index contributed by atoms with van der Waals surface area (Å²) in [4.78, 5) is 27.0. The van der Waals surface area contributed by atoms with Gasteiger partial charge >= 0.3 is 0 Å². The van der Waals surface area contributed by atoms with E-state index in [-0.39, 0.29) is 23.3 Å². The first-order valence-corrected chi connectivity index (χ1v) is 10.4. The van der Waals surface area contributed by atoms with Crippen LogP contribution in [-0.2, 0) is 4.79 Å². The third-order valence-corrected chi connectivity index (χ3v) is 5.83. The molecule has 1 amide bonds. The molecule has 1 aromatic carbocycles. The van der Waals surface area contributed by atoms with Crippen molar-refractivity contribution < 1.29 is 9.32 Å². The van der Waals surface area contributed by atoms with Crippen LogP contribution in [0, 0.1) is 6.92 Å². The van der Waals surface area contributed by atoms with Gasteiger partial charge in [0.2, 0.25) is 5.91 Å². The first-order valence-electron chi connectivity index (χ1n) is 10.4. The summed E-state index contributed by atoms with van der Waals surface area (Å²) in [7, 11) is 0. The van der Waals surface area contributed by atoms with E-state index in [1.807, 2.05) is 48.2 Å². The van der Waals surface area contributed by atoms with Crippen molar-refractivity contribution in [2.24, 2.45) is 0 Å². The molecule has 0 saturated carbocycles. The summed E-state index contributed by atoms with van der Waals surface area (Å²) in [6.07, 6.45) is 2.35. The smallest absolute Gasteiger partial charge is 0.264 e. The molecular weight excluding hydrogens is 380 g/mol. The quantitative estimate of drug-likeness (QED) is 0.698. The number of hydrogen-bond acceptors (Lipinski definition) is 5. The van der Waals surface area contributed by atoms with Crippen molar-refractivity contribution in [3.8, 4) is 11.3 Å². The van der Waals surface area contributed by atoms with Gasteiger partial charge in [-0.2, -0.15) is 5.10 Å². The zero-order chi connectivity index (χ0) is 21.1. The molecule has 7 nitrogen and oxygen atoms in total. The molecule has 3 aromatic rings. The maximum absolute atomic E-state index is 13.1. The monoisotopic (exact) mass is 406 g/mol. The Balaban J connectivity index is 1.50. The second kappa shape index (κ2) is 8.65. The highest BCUT2D eigenvalue weighted by molar-refractivity contribution is 5.83. The number of aromatic amines is 1. The van der Waals surface area contributed by atoms with Crippen molar-refractivity contribution in [3.05, 3.63) is 69.8 Å². The first kappa shape index (κ1) is 20.1. The van der Waals surface area contributed by atoms with Gasteiger partial charge in [-0.3, -0.25) is 9.59 Å². The first-order chi connectivity index (χ1) is 14.6. The second-order valence-corrected chi connectivity index (χ2v) is 7.83. The van der Waals surface area contributed by atoms with Gasteiger partial charge in [-0.15, -0.1) is 0 Å². The van der Waals surface area contributed by atoms with E-state index in [4.69, 9.17) is 4.52 Å². The fourth-order valence-electron chi connectivity index (χ4n) is 4.24. The lowest BCUT2D eigenvalue weighted by molar-refractivity contribution is -0.134. The number of likely N-dealkylation sites (tertiary alicyclic amines) is 1. The van der Waals surface area contributed by atoms with Crippen molar-refractivity contribution in [2.75, 3.05) is 13.1 Å². The SMILES string of the molecule is CCC(C(=O)N1CCC(c2n[nH]c(=O)cc2-c2cc(C)no2)CC1)c1ccccc1. The van der Waals surface area contributed by atoms with E-state index in [1.54, 1.807) is 0 Å². The molecule has 1 aliphatic heterocycles. The zero-order valence-corrected chi connectivity index (χ0v) is 17.3. The molecule has 1 saturated heterocycles. The topological polar surface area (TPSA) is 92.1 Å². The molecule has 156 valence electrons. The van der Waals surface area contributed by atoms with Gasteiger partial charge in [-0.1, -0.05) is 42.4 Å². The van der Waals surface area contributed by atoms with E-state index in [2.05, 4.69) is 22.3 Å². The van der Waals surface area contributed by atoms with Gasteiger partial charge in [-0.25, -0.2) is 5.10 Å². The third-order valence-electron chi connectivity index (χ3n) is 5.83. The maximum atomic E-state index is 13.1. The molecule has 7 heteroatoms. The average Bonchev–Trinajstić information content (AvgIpc) is 3.21. The van der Waals surface area contributed by atoms with Gasteiger partial charge in [0.1, 0.15) is 0 Å². The highest BCUT2D eigenvalue weighted by Gasteiger charge is 2.31. The third kappa shape index (κ3) is 4.06. The minimum absolute atomic E-state index is 0.110. The second-order valence-electron chi connectivity index (χ2n) is 7.83. The Morgan fingerprint density at radius 2 is 1.97 bits per heavy atom. The minimum Gasteiger partial charge on any atom is -0.356 e. The zero-order valence-electron chi connectivity index (χ0n) is 17.3. The Hall–Kier alpha value is -3.22. The summed E-state index contributed by atoms with van der Waals surface area (Å²) in [5.74, 6) is 0.766. The molecule has 0 bridgehead atoms. The highest BCUT2D eigenvalue weighted by Crippen LogP contribution is 2.34. The van der Waals surface area contributed by atoms with Crippen LogP contribution in [-0.4, -0.2) is 39.3 Å². The van der Waals surface area contributed by atoms with Gasteiger partial charge in [0, 0.05) is 36.7 Å². The fourth-order valence-corrected chi connectivity index (χ4v) is 4.24. The van der Waals surface area contributed by atoms with Crippen LogP contribution in [0.3, 0.4) is 0 Å². The number of nitrogens with one attached hydrogen (secondary N) is 1. The molecule has 0 aliphatic carbocycles. The number of amides is 1. The van der Waals surface area contributed by atoms with Crippen LogP contribution in [0.15, 0.2) is 51.8 Å². The van der Waals surface area contributed by atoms with E-state index in [0.717, 1.165) is 36.2 Å². The van der Waals surface area contributed by atoms with Crippen molar-refractivity contribution in [2.45, 2.75) is 44.9 Å². The number of benzene rings is 1. The number of aryl methyl sites for hydroxylation is 1. The predicted molar refractivity (Wildman–Crippen MR) is 113 cm³/mol. The molecular formula is C23H26N4O3. The highest BCUT2D eigenvalue weighted by atomic mass is 16.5. The number of carbonyl (C=O) groups is 1. The number of piperidine rings is 1. The number of nitrogens with zero attached hydrogens (tertiary/aromatic N) is 3. The largest absolute Gasteiger partial charge is 0.356 e. The molecule has 1 atom stereocenters. The van der Waals surface area contributed by atoms with Crippen LogP contribution < -0.4 is 5.56 Å². The number of rotatable bonds is 5. The number of hydrogen-bond donors (Lipinski definition) is 1. The summed E-state index contributed by atoms with van der Waals surface area (Å²) < 4.78 is 5.38. The number of H-pyrrole nitrogens is 1. The molecule has 3 heterocycles. The van der Waals surface area contributed by atoms with Crippen LogP contribution in [0.4, 0.5) is 0 Å². The molecule has 1 fully saturated rings. The summed E-state index contributed by atoms with van der Waals surface area (Å²) in [5, 5.41) is 10.8. The normalized spacial score (nSPS) is 15.9. The van der Waals surface area contributed by atoms with Crippen molar-refractivity contribution >= 4 is 5.91 Å².